The molecule has 0 unspecified atom stereocenters. The van der Waals surface area contributed by atoms with E-state index in [1.807, 2.05) is 13.0 Å². The minimum atomic E-state index is -0.180. The largest absolute Gasteiger partial charge is 0.507 e. The maximum atomic E-state index is 12.5. The van der Waals surface area contributed by atoms with Crippen molar-refractivity contribution in [2.75, 3.05) is 12.3 Å². The van der Waals surface area contributed by atoms with Crippen LogP contribution in [0.15, 0.2) is 61.7 Å². The van der Waals surface area contributed by atoms with Crippen molar-refractivity contribution in [3.63, 3.8) is 0 Å². The van der Waals surface area contributed by atoms with Gasteiger partial charge in [-0.1, -0.05) is 19.1 Å². The Morgan fingerprint density at radius 2 is 1.79 bits per heavy atom. The summed E-state index contributed by atoms with van der Waals surface area (Å²) in [4.78, 5) is 12.5. The summed E-state index contributed by atoms with van der Waals surface area (Å²) < 4.78 is 5.93. The zero-order chi connectivity index (χ0) is 20.5. The Labute approximate surface area is 166 Å². The zero-order valence-electron chi connectivity index (χ0n) is 16.3. The summed E-state index contributed by atoms with van der Waals surface area (Å²) >= 11 is 0. The van der Waals surface area contributed by atoms with Gasteiger partial charge in [-0.25, -0.2) is 0 Å². The number of allylic oxidation sites excluding steroid dienone is 3. The molecule has 0 saturated carbocycles. The number of phenols is 1. The second-order valence-corrected chi connectivity index (χ2v) is 6.44. The monoisotopic (exact) mass is 377 g/mol. The van der Waals surface area contributed by atoms with Crippen LogP contribution in [0, 0.1) is 0 Å². The number of phenolic OH excluding ortho intramolecular Hbond substituents is 1. The van der Waals surface area contributed by atoms with Crippen LogP contribution < -0.4 is 10.5 Å². The summed E-state index contributed by atoms with van der Waals surface area (Å²) in [5.41, 5.74) is 8.93. The van der Waals surface area contributed by atoms with Gasteiger partial charge in [0, 0.05) is 11.3 Å². The molecule has 3 N–H and O–H groups in total. The van der Waals surface area contributed by atoms with E-state index in [4.69, 9.17) is 10.5 Å². The van der Waals surface area contributed by atoms with Gasteiger partial charge in [0.1, 0.15) is 11.5 Å². The maximum absolute atomic E-state index is 12.5. The summed E-state index contributed by atoms with van der Waals surface area (Å²) in [5, 5.41) is 10.8. The molecule has 0 atom stereocenters. The number of benzene rings is 2. The number of carbonyl (C=O) groups is 1. The number of hydrogen-bond acceptors (Lipinski definition) is 4. The third-order valence-electron chi connectivity index (χ3n) is 4.22. The summed E-state index contributed by atoms with van der Waals surface area (Å²) in [6.07, 6.45) is 8.50. The van der Waals surface area contributed by atoms with E-state index in [1.54, 1.807) is 42.5 Å². The predicted octanol–water partition coefficient (Wildman–Crippen LogP) is 5.12. The number of aromatic hydroxyl groups is 1. The molecule has 4 nitrogen and oxygen atoms in total. The van der Waals surface area contributed by atoms with E-state index in [2.05, 4.69) is 13.2 Å². The van der Waals surface area contributed by atoms with Crippen molar-refractivity contribution >= 4 is 17.5 Å². The summed E-state index contributed by atoms with van der Waals surface area (Å²) in [6.45, 7) is 10.1. The van der Waals surface area contributed by atoms with Crippen LogP contribution in [0.25, 0.3) is 6.08 Å². The Balaban J connectivity index is 2.51. The fraction of sp³-hybridized carbons (Fsp3) is 0.208. The number of nitrogen functional groups attached to an aromatic ring is 1. The average molecular weight is 377 g/mol. The van der Waals surface area contributed by atoms with Crippen molar-refractivity contribution in [3.8, 4) is 11.5 Å². The van der Waals surface area contributed by atoms with Gasteiger partial charge in [-0.2, -0.15) is 0 Å². The van der Waals surface area contributed by atoms with Gasteiger partial charge >= 0.3 is 0 Å². The fourth-order valence-corrected chi connectivity index (χ4v) is 2.85. The Hall–Kier alpha value is -3.27. The summed E-state index contributed by atoms with van der Waals surface area (Å²) in [7, 11) is 0. The van der Waals surface area contributed by atoms with Crippen molar-refractivity contribution < 1.29 is 14.6 Å². The molecule has 0 aliphatic heterocycles. The van der Waals surface area contributed by atoms with Gasteiger partial charge in [-0.15, -0.1) is 13.2 Å². The van der Waals surface area contributed by atoms with Crippen LogP contribution in [0.5, 0.6) is 11.5 Å². The van der Waals surface area contributed by atoms with Gasteiger partial charge < -0.3 is 15.6 Å². The Morgan fingerprint density at radius 3 is 2.39 bits per heavy atom. The minimum absolute atomic E-state index is 0.0974. The number of carbonyl (C=O) groups excluding carboxylic acids is 1. The Kier molecular flexibility index (Phi) is 7.64. The van der Waals surface area contributed by atoms with E-state index >= 15 is 0 Å². The highest BCUT2D eigenvalue weighted by Gasteiger charge is 2.17. The molecule has 0 radical (unpaired) electrons. The maximum Gasteiger partial charge on any atom is 0.185 e. The smallest absolute Gasteiger partial charge is 0.185 e. The summed E-state index contributed by atoms with van der Waals surface area (Å²) in [5.74, 6) is 0.494. The zero-order valence-corrected chi connectivity index (χ0v) is 16.3. The number of ether oxygens (including phenoxy) is 1. The lowest BCUT2D eigenvalue weighted by Crippen LogP contribution is -2.03. The van der Waals surface area contributed by atoms with Crippen molar-refractivity contribution in [2.45, 2.75) is 26.2 Å². The Morgan fingerprint density at radius 1 is 1.14 bits per heavy atom. The molecule has 0 bridgehead atoms. The second-order valence-electron chi connectivity index (χ2n) is 6.44. The molecule has 2 aromatic carbocycles. The highest BCUT2D eigenvalue weighted by atomic mass is 16.5. The molecule has 28 heavy (non-hydrogen) atoms. The van der Waals surface area contributed by atoms with Gasteiger partial charge in [-0.3, -0.25) is 4.79 Å². The highest BCUT2D eigenvalue weighted by Crippen LogP contribution is 2.37. The molecule has 4 heteroatoms. The molecular formula is C24H27NO3. The van der Waals surface area contributed by atoms with Gasteiger partial charge in [0.05, 0.1) is 12.2 Å². The van der Waals surface area contributed by atoms with E-state index in [-0.39, 0.29) is 11.5 Å². The normalized spacial score (nSPS) is 10.8. The van der Waals surface area contributed by atoms with E-state index < -0.39 is 0 Å². The van der Waals surface area contributed by atoms with Gasteiger partial charge in [0.15, 0.2) is 5.78 Å². The molecule has 0 aromatic heterocycles. The number of anilines is 1. The first kappa shape index (κ1) is 21.0. The summed E-state index contributed by atoms with van der Waals surface area (Å²) in [6, 6.07) is 8.62. The Bertz CT molecular complexity index is 880. The van der Waals surface area contributed by atoms with Crippen molar-refractivity contribution in [3.05, 3.63) is 84.0 Å². The predicted molar refractivity (Wildman–Crippen MR) is 116 cm³/mol. The first-order valence-electron chi connectivity index (χ1n) is 9.32. The molecule has 2 aromatic rings. The van der Waals surface area contributed by atoms with Gasteiger partial charge in [0.2, 0.25) is 0 Å². The minimum Gasteiger partial charge on any atom is -0.507 e. The standard InChI is InChI=1S/C24H27NO3/c1-4-7-18-16-19(8-5-2)24(28-15-6-3)21(23(18)27)13-14-22(26)17-9-11-20(25)12-10-17/h4-5,9-14,16,27H,1-2,6-8,15,25H2,3H3/b14-13+. The van der Waals surface area contributed by atoms with E-state index in [0.717, 1.165) is 17.5 Å². The number of nitrogens with two attached hydrogens (primary N) is 1. The first-order valence-corrected chi connectivity index (χ1v) is 9.32. The molecular weight excluding hydrogens is 350 g/mol. The van der Waals surface area contributed by atoms with Crippen LogP contribution in [0.1, 0.15) is 40.4 Å². The lowest BCUT2D eigenvalue weighted by atomic mass is 9.97. The molecule has 0 spiro atoms. The second kappa shape index (κ2) is 10.2. The molecule has 0 aliphatic carbocycles. The molecule has 0 fully saturated rings. The molecule has 0 heterocycles. The van der Waals surface area contributed by atoms with E-state index in [9.17, 15) is 9.90 Å². The first-order chi connectivity index (χ1) is 13.5. The van der Waals surface area contributed by atoms with Crippen molar-refractivity contribution in [1.29, 1.82) is 0 Å². The quantitative estimate of drug-likeness (QED) is 0.261. The van der Waals surface area contributed by atoms with Gasteiger partial charge in [0.25, 0.3) is 0 Å². The van der Waals surface area contributed by atoms with E-state index in [1.165, 1.54) is 6.08 Å². The topological polar surface area (TPSA) is 72.5 Å². The van der Waals surface area contributed by atoms with Gasteiger partial charge in [-0.05, 0) is 72.9 Å². The highest BCUT2D eigenvalue weighted by molar-refractivity contribution is 6.07. The van der Waals surface area contributed by atoms with Crippen LogP contribution in [0.3, 0.4) is 0 Å². The number of ketones is 1. The third kappa shape index (κ3) is 5.13. The van der Waals surface area contributed by atoms with E-state index in [0.29, 0.717) is 42.0 Å². The fourth-order valence-electron chi connectivity index (χ4n) is 2.85. The van der Waals surface area contributed by atoms with Crippen LogP contribution >= 0.6 is 0 Å². The number of rotatable bonds is 10. The lowest BCUT2D eigenvalue weighted by Gasteiger charge is -2.17. The van der Waals surface area contributed by atoms with Crippen molar-refractivity contribution in [1.82, 2.24) is 0 Å². The molecule has 0 aliphatic rings. The molecule has 146 valence electrons. The lowest BCUT2D eigenvalue weighted by molar-refractivity contribution is 0.104. The van der Waals surface area contributed by atoms with Crippen LogP contribution in [-0.2, 0) is 12.8 Å². The van der Waals surface area contributed by atoms with Crippen LogP contribution in [0.4, 0.5) is 5.69 Å². The molecule has 0 amide bonds. The van der Waals surface area contributed by atoms with Crippen molar-refractivity contribution in [2.24, 2.45) is 0 Å². The molecule has 0 saturated heterocycles. The average Bonchev–Trinajstić information content (AvgIpc) is 2.69. The van der Waals surface area contributed by atoms with Crippen LogP contribution in [-0.4, -0.2) is 17.5 Å². The van der Waals surface area contributed by atoms with Crippen LogP contribution in [0.2, 0.25) is 0 Å². The third-order valence-corrected chi connectivity index (χ3v) is 4.22. The molecule has 2 rings (SSSR count). The SMILES string of the molecule is C=CCc1cc(CC=C)c(OCCC)c(/C=C/C(=O)c2ccc(N)cc2)c1O. The number of hydrogen-bond donors (Lipinski definition) is 2.